The number of carbonyl (C=O) groups is 1. The number of aromatic nitrogens is 3. The normalized spacial score (nSPS) is 10.7. The Morgan fingerprint density at radius 1 is 1.20 bits per heavy atom. The van der Waals surface area contributed by atoms with Gasteiger partial charge in [-0.05, 0) is 30.3 Å². The minimum atomic E-state index is -0.265. The number of nitrogens with one attached hydrogen (secondary N) is 1. The molecule has 2 aromatic heterocycles. The molecular weight excluding hydrogens is 320 g/mol. The smallest absolute Gasteiger partial charge is 0.269 e. The Bertz CT molecular complexity index is 878. The third-order valence-electron chi connectivity index (χ3n) is 3.47. The molecule has 0 saturated carbocycles. The first kappa shape index (κ1) is 16.6. The summed E-state index contributed by atoms with van der Waals surface area (Å²) in [5, 5.41) is 6.51. The van der Waals surface area contributed by atoms with E-state index in [1.54, 1.807) is 31.3 Å². The summed E-state index contributed by atoms with van der Waals surface area (Å²) in [6, 6.07) is 10.6. The number of ether oxygens (including phenoxy) is 1. The Morgan fingerprint density at radius 3 is 2.60 bits per heavy atom. The minimum absolute atomic E-state index is 0. The Hall–Kier alpha value is -3.22. The van der Waals surface area contributed by atoms with Crippen LogP contribution in [0.3, 0.4) is 0 Å². The number of nitrogens with zero attached hydrogens (tertiary/aromatic N) is 3. The van der Waals surface area contributed by atoms with Gasteiger partial charge in [0.25, 0.3) is 5.91 Å². The van der Waals surface area contributed by atoms with Gasteiger partial charge >= 0.3 is 0 Å². The van der Waals surface area contributed by atoms with E-state index in [2.05, 4.69) is 20.4 Å². The molecule has 0 saturated heterocycles. The summed E-state index contributed by atoms with van der Waals surface area (Å²) in [7, 11) is 1.55. The van der Waals surface area contributed by atoms with E-state index < -0.39 is 0 Å². The van der Waals surface area contributed by atoms with Crippen molar-refractivity contribution in [3.8, 4) is 22.9 Å². The van der Waals surface area contributed by atoms with Gasteiger partial charge in [-0.2, -0.15) is 4.98 Å². The fraction of sp³-hybridized carbons (Fsp3) is 0.222. The van der Waals surface area contributed by atoms with E-state index in [0.717, 1.165) is 5.56 Å². The summed E-state index contributed by atoms with van der Waals surface area (Å²) in [5.74, 6) is 2.23. The first-order valence-electron chi connectivity index (χ1n) is 7.87. The van der Waals surface area contributed by atoms with Crippen molar-refractivity contribution in [3.63, 3.8) is 0 Å². The molecule has 7 nitrogen and oxygen atoms in total. The van der Waals surface area contributed by atoms with Crippen LogP contribution in [0, 0.1) is 0 Å². The number of hydrogen-bond donors (Lipinski definition) is 1. The van der Waals surface area contributed by atoms with Crippen molar-refractivity contribution in [2.75, 3.05) is 7.05 Å². The first-order chi connectivity index (χ1) is 12.1. The van der Waals surface area contributed by atoms with Crippen LogP contribution in [0.4, 0.5) is 0 Å². The molecule has 0 aliphatic carbocycles. The maximum absolute atomic E-state index is 11.6. The third-order valence-corrected chi connectivity index (χ3v) is 3.47. The van der Waals surface area contributed by atoms with Crippen molar-refractivity contribution in [1.82, 2.24) is 20.4 Å². The van der Waals surface area contributed by atoms with E-state index >= 15 is 0 Å². The zero-order chi connectivity index (χ0) is 17.8. The molecule has 3 aromatic rings. The van der Waals surface area contributed by atoms with Gasteiger partial charge in [-0.15, -0.1) is 0 Å². The zero-order valence-corrected chi connectivity index (χ0v) is 14.2. The summed E-state index contributed by atoms with van der Waals surface area (Å²) in [5.41, 5.74) is 1.13. The fourth-order valence-corrected chi connectivity index (χ4v) is 2.12. The van der Waals surface area contributed by atoms with E-state index in [-0.39, 0.29) is 13.3 Å². The van der Waals surface area contributed by atoms with Crippen molar-refractivity contribution in [1.29, 1.82) is 0 Å². The maximum atomic E-state index is 11.6. The molecule has 0 unspecified atom stereocenters. The van der Waals surface area contributed by atoms with Crippen LogP contribution >= 0.6 is 0 Å². The second-order valence-electron chi connectivity index (χ2n) is 5.69. The number of carbonyl (C=O) groups excluding carboxylic acids is 1. The lowest BCUT2D eigenvalue weighted by molar-refractivity contribution is 0.0958. The summed E-state index contributed by atoms with van der Waals surface area (Å²) < 4.78 is 11.0. The van der Waals surface area contributed by atoms with Crippen LogP contribution in [0.25, 0.3) is 11.4 Å². The van der Waals surface area contributed by atoms with Gasteiger partial charge in [0.05, 0.1) is 0 Å². The van der Waals surface area contributed by atoms with E-state index in [4.69, 9.17) is 9.26 Å². The number of benzene rings is 1. The van der Waals surface area contributed by atoms with Crippen molar-refractivity contribution in [2.45, 2.75) is 19.8 Å². The highest BCUT2D eigenvalue weighted by molar-refractivity contribution is 5.92. The molecule has 3 rings (SSSR count). The number of amides is 1. The lowest BCUT2D eigenvalue weighted by atomic mass is 10.2. The molecule has 0 fully saturated rings. The van der Waals surface area contributed by atoms with E-state index in [1.807, 2.05) is 26.0 Å². The van der Waals surface area contributed by atoms with Gasteiger partial charge < -0.3 is 14.6 Å². The highest BCUT2D eigenvalue weighted by Gasteiger charge is 2.12. The first-order valence-corrected chi connectivity index (χ1v) is 7.87. The molecule has 1 amide bonds. The van der Waals surface area contributed by atoms with Gasteiger partial charge in [-0.1, -0.05) is 19.0 Å². The quantitative estimate of drug-likeness (QED) is 0.762. The zero-order valence-electron chi connectivity index (χ0n) is 14.2. The second kappa shape index (κ2) is 7.12. The van der Waals surface area contributed by atoms with Crippen LogP contribution in [0.5, 0.6) is 11.5 Å². The van der Waals surface area contributed by atoms with Crippen LogP contribution < -0.4 is 10.1 Å². The molecule has 0 aliphatic heterocycles. The lowest BCUT2D eigenvalue weighted by Crippen LogP contribution is -2.18. The molecular formula is C18H20N4O3. The Labute approximate surface area is 146 Å². The number of rotatable bonds is 5. The molecule has 1 aromatic carbocycles. The summed E-state index contributed by atoms with van der Waals surface area (Å²) in [6.07, 6.45) is 1.53. The average molecular weight is 340 g/mol. The van der Waals surface area contributed by atoms with Gasteiger partial charge in [-0.25, -0.2) is 0 Å². The van der Waals surface area contributed by atoms with Gasteiger partial charge in [0.2, 0.25) is 11.7 Å². The Morgan fingerprint density at radius 2 is 1.96 bits per heavy atom. The summed E-state index contributed by atoms with van der Waals surface area (Å²) in [4.78, 5) is 20.0. The van der Waals surface area contributed by atoms with E-state index in [9.17, 15) is 4.79 Å². The molecule has 7 heteroatoms. The summed E-state index contributed by atoms with van der Waals surface area (Å²) in [6.45, 7) is 3.99. The van der Waals surface area contributed by atoms with E-state index in [0.29, 0.717) is 28.9 Å². The predicted molar refractivity (Wildman–Crippen MR) is 93.6 cm³/mol. The van der Waals surface area contributed by atoms with Crippen LogP contribution in [-0.4, -0.2) is 28.1 Å². The lowest BCUT2D eigenvalue weighted by Gasteiger charge is -2.07. The minimum Gasteiger partial charge on any atom is -0.457 e. The highest BCUT2D eigenvalue weighted by Crippen LogP contribution is 2.25. The molecule has 0 aliphatic rings. The van der Waals surface area contributed by atoms with Crippen LogP contribution in [-0.2, 0) is 0 Å². The molecule has 25 heavy (non-hydrogen) atoms. The van der Waals surface area contributed by atoms with Gasteiger partial charge in [0.15, 0.2) is 0 Å². The Kier molecular flexibility index (Phi) is 4.74. The van der Waals surface area contributed by atoms with Crippen LogP contribution in [0.1, 0.15) is 37.6 Å². The molecule has 0 spiro atoms. The van der Waals surface area contributed by atoms with Gasteiger partial charge in [0.1, 0.15) is 17.2 Å². The van der Waals surface area contributed by atoms with Crippen molar-refractivity contribution >= 4 is 5.91 Å². The number of pyridine rings is 1. The van der Waals surface area contributed by atoms with Gasteiger partial charge in [-0.3, -0.25) is 9.78 Å². The monoisotopic (exact) mass is 340 g/mol. The second-order valence-corrected chi connectivity index (χ2v) is 5.69. The molecule has 0 bridgehead atoms. The van der Waals surface area contributed by atoms with Gasteiger partial charge in [0, 0.05) is 32.2 Å². The maximum Gasteiger partial charge on any atom is 0.269 e. The average Bonchev–Trinajstić information content (AvgIpc) is 3.12. The van der Waals surface area contributed by atoms with Crippen LogP contribution in [0.15, 0.2) is 47.1 Å². The third kappa shape index (κ3) is 3.82. The van der Waals surface area contributed by atoms with E-state index in [1.165, 1.54) is 6.20 Å². The molecule has 2 heterocycles. The molecule has 1 N–H and O–H groups in total. The van der Waals surface area contributed by atoms with Crippen molar-refractivity contribution in [3.05, 3.63) is 54.2 Å². The number of hydrogen-bond acceptors (Lipinski definition) is 6. The molecule has 130 valence electrons. The topological polar surface area (TPSA) is 90.1 Å². The Balaban J connectivity index is 0.00000243. The summed E-state index contributed by atoms with van der Waals surface area (Å²) >= 11 is 0. The van der Waals surface area contributed by atoms with Crippen molar-refractivity contribution < 1.29 is 15.5 Å². The fourth-order valence-electron chi connectivity index (χ4n) is 2.12. The molecule has 0 atom stereocenters. The largest absolute Gasteiger partial charge is 0.457 e. The predicted octanol–water partition coefficient (Wildman–Crippen LogP) is 3.65. The standard InChI is InChI=1S/C18H18N4O3.H2/c1-11(2)18-21-16(22-25-18)12-4-6-13(7-5-12)24-14-8-9-20-15(10-14)17(23)19-3;/h4-11H,1-3H3,(H,19,23);1H. The molecule has 0 radical (unpaired) electrons. The highest BCUT2D eigenvalue weighted by atomic mass is 16.5. The van der Waals surface area contributed by atoms with Crippen LogP contribution in [0.2, 0.25) is 0 Å². The SMILES string of the molecule is CNC(=O)c1cc(Oc2ccc(-c3noc(C(C)C)n3)cc2)ccn1.[HH]. The van der Waals surface area contributed by atoms with Crippen molar-refractivity contribution in [2.24, 2.45) is 0 Å².